The highest BCUT2D eigenvalue weighted by atomic mass is 35.5. The SMILES string of the molecule is CCCc1nn(CC)c(Cl)c1C(=O)O. The van der Waals surface area contributed by atoms with E-state index in [2.05, 4.69) is 5.10 Å². The number of aryl methyl sites for hydroxylation is 2. The van der Waals surface area contributed by atoms with Gasteiger partial charge in [-0.3, -0.25) is 4.68 Å². The zero-order chi connectivity index (χ0) is 10.7. The van der Waals surface area contributed by atoms with Gasteiger partial charge in [0.1, 0.15) is 10.7 Å². The fourth-order valence-electron chi connectivity index (χ4n) is 1.32. The third-order valence-electron chi connectivity index (χ3n) is 1.96. The first-order valence-corrected chi connectivity index (χ1v) is 4.98. The van der Waals surface area contributed by atoms with E-state index in [4.69, 9.17) is 16.7 Å². The minimum absolute atomic E-state index is 0.148. The molecule has 0 unspecified atom stereocenters. The predicted molar refractivity (Wildman–Crippen MR) is 53.9 cm³/mol. The van der Waals surface area contributed by atoms with Crippen LogP contribution in [0, 0.1) is 0 Å². The number of aromatic nitrogens is 2. The van der Waals surface area contributed by atoms with Gasteiger partial charge in [-0.15, -0.1) is 0 Å². The molecule has 0 amide bonds. The van der Waals surface area contributed by atoms with Crippen LogP contribution in [0.2, 0.25) is 5.15 Å². The summed E-state index contributed by atoms with van der Waals surface area (Å²) < 4.78 is 1.51. The maximum atomic E-state index is 10.9. The Morgan fingerprint density at radius 1 is 1.57 bits per heavy atom. The molecular formula is C9H13ClN2O2. The highest BCUT2D eigenvalue weighted by molar-refractivity contribution is 6.32. The lowest BCUT2D eigenvalue weighted by Gasteiger charge is -1.95. The summed E-state index contributed by atoms with van der Waals surface area (Å²) in [6.45, 7) is 4.44. The number of carboxylic acid groups (broad SMARTS) is 1. The summed E-state index contributed by atoms with van der Waals surface area (Å²) in [4.78, 5) is 10.9. The molecule has 0 fully saturated rings. The van der Waals surface area contributed by atoms with Crippen LogP contribution in [0.4, 0.5) is 0 Å². The van der Waals surface area contributed by atoms with Crippen LogP contribution in [0.1, 0.15) is 36.3 Å². The molecule has 0 spiro atoms. The number of carboxylic acids is 1. The van der Waals surface area contributed by atoms with Crippen LogP contribution >= 0.6 is 11.6 Å². The van der Waals surface area contributed by atoms with Crippen molar-refractivity contribution in [1.82, 2.24) is 9.78 Å². The highest BCUT2D eigenvalue weighted by Gasteiger charge is 2.20. The molecule has 0 radical (unpaired) electrons. The Morgan fingerprint density at radius 3 is 2.64 bits per heavy atom. The van der Waals surface area contributed by atoms with Gasteiger partial charge in [-0.2, -0.15) is 5.10 Å². The van der Waals surface area contributed by atoms with E-state index in [9.17, 15) is 4.79 Å². The van der Waals surface area contributed by atoms with Crippen molar-refractivity contribution in [3.63, 3.8) is 0 Å². The Labute approximate surface area is 87.5 Å². The number of halogens is 1. The Hall–Kier alpha value is -1.03. The summed E-state index contributed by atoms with van der Waals surface area (Å²) in [5, 5.41) is 13.3. The smallest absolute Gasteiger partial charge is 0.340 e. The lowest BCUT2D eigenvalue weighted by atomic mass is 10.2. The number of hydrogen-bond donors (Lipinski definition) is 1. The monoisotopic (exact) mass is 216 g/mol. The van der Waals surface area contributed by atoms with Gasteiger partial charge in [-0.1, -0.05) is 24.9 Å². The van der Waals surface area contributed by atoms with Crippen molar-refractivity contribution < 1.29 is 9.90 Å². The van der Waals surface area contributed by atoms with E-state index >= 15 is 0 Å². The van der Waals surface area contributed by atoms with Gasteiger partial charge in [0.2, 0.25) is 0 Å². The normalized spacial score (nSPS) is 10.5. The summed E-state index contributed by atoms with van der Waals surface area (Å²) in [5.41, 5.74) is 0.724. The average molecular weight is 217 g/mol. The fourth-order valence-corrected chi connectivity index (χ4v) is 1.67. The summed E-state index contributed by atoms with van der Waals surface area (Å²) in [6, 6.07) is 0. The van der Waals surface area contributed by atoms with E-state index < -0.39 is 5.97 Å². The van der Waals surface area contributed by atoms with Gasteiger partial charge in [0.25, 0.3) is 0 Å². The van der Waals surface area contributed by atoms with Crippen LogP contribution in [-0.2, 0) is 13.0 Å². The molecule has 0 aliphatic heterocycles. The van der Waals surface area contributed by atoms with Crippen molar-refractivity contribution in [1.29, 1.82) is 0 Å². The van der Waals surface area contributed by atoms with E-state index in [0.717, 1.165) is 6.42 Å². The number of hydrogen-bond acceptors (Lipinski definition) is 2. The number of nitrogens with zero attached hydrogens (tertiary/aromatic N) is 2. The molecule has 1 aromatic rings. The van der Waals surface area contributed by atoms with E-state index in [1.54, 1.807) is 0 Å². The summed E-state index contributed by atoms with van der Waals surface area (Å²) in [6.07, 6.45) is 1.51. The molecule has 0 atom stereocenters. The van der Waals surface area contributed by atoms with Gasteiger partial charge in [0.05, 0.1) is 5.69 Å². The lowest BCUT2D eigenvalue weighted by Crippen LogP contribution is -2.00. The molecule has 1 heterocycles. The van der Waals surface area contributed by atoms with Crippen molar-refractivity contribution in [2.75, 3.05) is 0 Å². The van der Waals surface area contributed by atoms with Crippen molar-refractivity contribution in [2.24, 2.45) is 0 Å². The van der Waals surface area contributed by atoms with Gasteiger partial charge in [0.15, 0.2) is 0 Å². The molecular weight excluding hydrogens is 204 g/mol. The molecule has 0 aromatic carbocycles. The van der Waals surface area contributed by atoms with Crippen molar-refractivity contribution in [3.05, 3.63) is 16.4 Å². The molecule has 78 valence electrons. The van der Waals surface area contributed by atoms with Gasteiger partial charge < -0.3 is 5.11 Å². The molecule has 1 aromatic heterocycles. The maximum absolute atomic E-state index is 10.9. The zero-order valence-electron chi connectivity index (χ0n) is 8.25. The Balaban J connectivity index is 3.20. The van der Waals surface area contributed by atoms with Gasteiger partial charge in [-0.25, -0.2) is 4.79 Å². The second-order valence-corrected chi connectivity index (χ2v) is 3.34. The van der Waals surface area contributed by atoms with Crippen LogP contribution in [0.5, 0.6) is 0 Å². The Morgan fingerprint density at radius 2 is 2.21 bits per heavy atom. The molecule has 0 saturated heterocycles. The van der Waals surface area contributed by atoms with Crippen molar-refractivity contribution >= 4 is 17.6 Å². The standard InChI is InChI=1S/C9H13ClN2O2/c1-3-5-6-7(9(13)14)8(10)12(4-2)11-6/h3-5H2,1-2H3,(H,13,14). The summed E-state index contributed by atoms with van der Waals surface area (Å²) in [5.74, 6) is -1.00. The van der Waals surface area contributed by atoms with Crippen LogP contribution in [0.3, 0.4) is 0 Å². The van der Waals surface area contributed by atoms with Crippen LogP contribution in [-0.4, -0.2) is 20.9 Å². The largest absolute Gasteiger partial charge is 0.478 e. The zero-order valence-corrected chi connectivity index (χ0v) is 9.01. The van der Waals surface area contributed by atoms with Gasteiger partial charge >= 0.3 is 5.97 Å². The number of rotatable bonds is 4. The van der Waals surface area contributed by atoms with Crippen LogP contribution < -0.4 is 0 Å². The molecule has 14 heavy (non-hydrogen) atoms. The maximum Gasteiger partial charge on any atom is 0.340 e. The quantitative estimate of drug-likeness (QED) is 0.840. The third-order valence-corrected chi connectivity index (χ3v) is 2.35. The van der Waals surface area contributed by atoms with Gasteiger partial charge in [-0.05, 0) is 13.3 Å². The fraction of sp³-hybridized carbons (Fsp3) is 0.556. The van der Waals surface area contributed by atoms with E-state index in [1.165, 1.54) is 4.68 Å². The van der Waals surface area contributed by atoms with Crippen LogP contribution in [0.15, 0.2) is 0 Å². The van der Waals surface area contributed by atoms with Gasteiger partial charge in [0, 0.05) is 6.54 Å². The minimum Gasteiger partial charge on any atom is -0.478 e. The minimum atomic E-state index is -1.00. The molecule has 0 aliphatic carbocycles. The predicted octanol–water partition coefficient (Wildman–Crippen LogP) is 2.21. The lowest BCUT2D eigenvalue weighted by molar-refractivity contribution is 0.0696. The molecule has 4 nitrogen and oxygen atoms in total. The van der Waals surface area contributed by atoms with E-state index in [0.29, 0.717) is 18.7 Å². The highest BCUT2D eigenvalue weighted by Crippen LogP contribution is 2.21. The molecule has 0 bridgehead atoms. The van der Waals surface area contributed by atoms with E-state index in [1.807, 2.05) is 13.8 Å². The number of carbonyl (C=O) groups is 1. The Kier molecular flexibility index (Phi) is 3.52. The number of aromatic carboxylic acids is 1. The average Bonchev–Trinajstić information content (AvgIpc) is 2.43. The molecule has 5 heteroatoms. The first-order valence-electron chi connectivity index (χ1n) is 4.60. The summed E-state index contributed by atoms with van der Waals surface area (Å²) >= 11 is 5.88. The first-order chi connectivity index (χ1) is 6.61. The van der Waals surface area contributed by atoms with Crippen molar-refractivity contribution in [2.45, 2.75) is 33.2 Å². The molecule has 0 saturated carbocycles. The first kappa shape index (κ1) is 11.0. The Bertz CT molecular complexity index is 347. The second-order valence-electron chi connectivity index (χ2n) is 2.98. The molecule has 0 aliphatic rings. The topological polar surface area (TPSA) is 55.1 Å². The molecule has 1 N–H and O–H groups in total. The third kappa shape index (κ3) is 1.90. The summed E-state index contributed by atoms with van der Waals surface area (Å²) in [7, 11) is 0. The second kappa shape index (κ2) is 4.46. The van der Waals surface area contributed by atoms with Crippen molar-refractivity contribution in [3.8, 4) is 0 Å². The van der Waals surface area contributed by atoms with Crippen LogP contribution in [0.25, 0.3) is 0 Å². The molecule has 1 rings (SSSR count). The van der Waals surface area contributed by atoms with E-state index in [-0.39, 0.29) is 10.7 Å².